The highest BCUT2D eigenvalue weighted by Crippen LogP contribution is 2.48. The first-order valence-corrected chi connectivity index (χ1v) is 14.9. The van der Waals surface area contributed by atoms with Crippen molar-refractivity contribution in [3.63, 3.8) is 0 Å². The second-order valence-corrected chi connectivity index (χ2v) is 12.9. The van der Waals surface area contributed by atoms with Gasteiger partial charge >= 0.3 is 6.18 Å². The van der Waals surface area contributed by atoms with Crippen molar-refractivity contribution < 1.29 is 27.5 Å². The molecule has 0 unspecified atom stereocenters. The van der Waals surface area contributed by atoms with Crippen molar-refractivity contribution in [2.75, 3.05) is 18.9 Å². The van der Waals surface area contributed by atoms with Crippen LogP contribution in [0.4, 0.5) is 18.9 Å². The molecule has 2 amide bonds. The number of nitrogen functional groups attached to an aromatic ring is 1. The number of alkyl halides is 3. The molecule has 1 aliphatic heterocycles. The maximum Gasteiger partial charge on any atom is 0.433 e. The minimum atomic E-state index is -4.66. The van der Waals surface area contributed by atoms with Crippen molar-refractivity contribution >= 4 is 23.7 Å². The number of ether oxygens (including phenoxy) is 1. The molecule has 3 heterocycles. The molecule has 45 heavy (non-hydrogen) atoms. The van der Waals surface area contributed by atoms with Crippen LogP contribution in [0.3, 0.4) is 0 Å². The summed E-state index contributed by atoms with van der Waals surface area (Å²) in [6.07, 6.45) is 1.95. The largest absolute Gasteiger partial charge is 0.489 e. The van der Waals surface area contributed by atoms with Gasteiger partial charge in [0.05, 0.1) is 5.54 Å². The lowest BCUT2D eigenvalue weighted by Gasteiger charge is -2.22. The molecule has 2 aliphatic carbocycles. The van der Waals surface area contributed by atoms with Gasteiger partial charge in [-0.1, -0.05) is 0 Å². The van der Waals surface area contributed by atoms with Gasteiger partial charge in [0.25, 0.3) is 5.91 Å². The molecule has 12 heteroatoms. The lowest BCUT2D eigenvalue weighted by atomic mass is 9.82. The topological polar surface area (TPSA) is 146 Å². The zero-order chi connectivity index (χ0) is 32.3. The molecule has 0 radical (unpaired) electrons. The third-order valence-electron chi connectivity index (χ3n) is 9.18. The molecule has 2 fully saturated rings. The van der Waals surface area contributed by atoms with E-state index >= 15 is 0 Å². The fraction of sp³-hybridized carbons (Fsp3) is 0.424. The number of hydrogen-bond acceptors (Lipinski definition) is 7. The Kier molecular flexibility index (Phi) is 7.36. The Hall–Kier alpha value is -4.48. The number of aryl methyl sites for hydroxylation is 1. The average Bonchev–Trinajstić information content (AvgIpc) is 3.93. The number of hydrogen-bond donors (Lipinski definition) is 3. The van der Waals surface area contributed by atoms with Crippen molar-refractivity contribution in [1.82, 2.24) is 15.3 Å². The van der Waals surface area contributed by atoms with Crippen LogP contribution in [0.25, 0.3) is 11.3 Å². The Balaban J connectivity index is 1.34. The molecule has 6 rings (SSSR count). The molecular weight excluding hydrogens is 585 g/mol. The summed E-state index contributed by atoms with van der Waals surface area (Å²) >= 11 is 0. The Labute approximate surface area is 258 Å². The molecule has 3 aliphatic rings. The number of halogens is 3. The Morgan fingerprint density at radius 1 is 1.20 bits per heavy atom. The molecule has 0 saturated heterocycles. The van der Waals surface area contributed by atoms with Crippen molar-refractivity contribution in [3.05, 3.63) is 70.2 Å². The van der Waals surface area contributed by atoms with Gasteiger partial charge in [0.1, 0.15) is 29.2 Å². The predicted molar refractivity (Wildman–Crippen MR) is 163 cm³/mol. The van der Waals surface area contributed by atoms with Crippen LogP contribution in [0, 0.1) is 12.8 Å². The molecule has 2 atom stereocenters. The fourth-order valence-corrected chi connectivity index (χ4v) is 5.64. The highest BCUT2D eigenvalue weighted by Gasteiger charge is 2.45. The van der Waals surface area contributed by atoms with Gasteiger partial charge in [-0.25, -0.2) is 4.98 Å². The van der Waals surface area contributed by atoms with Gasteiger partial charge in [-0.15, -0.1) is 0 Å². The van der Waals surface area contributed by atoms with E-state index in [0.29, 0.717) is 28.1 Å². The van der Waals surface area contributed by atoms with Crippen LogP contribution in [0.5, 0.6) is 5.75 Å². The summed E-state index contributed by atoms with van der Waals surface area (Å²) in [5.74, 6) is -0.800. The van der Waals surface area contributed by atoms with E-state index in [9.17, 15) is 22.8 Å². The number of aliphatic imine (C=N–C) groups is 1. The summed E-state index contributed by atoms with van der Waals surface area (Å²) in [5.41, 5.74) is 13.5. The van der Waals surface area contributed by atoms with Gasteiger partial charge < -0.3 is 21.5 Å². The van der Waals surface area contributed by atoms with Gasteiger partial charge in [-0.3, -0.25) is 19.6 Å². The molecule has 5 N–H and O–H groups in total. The summed E-state index contributed by atoms with van der Waals surface area (Å²) in [4.78, 5) is 39.0. The fourth-order valence-electron chi connectivity index (χ4n) is 5.64. The van der Waals surface area contributed by atoms with Crippen molar-refractivity contribution in [3.8, 4) is 17.0 Å². The maximum atomic E-state index is 13.6. The van der Waals surface area contributed by atoms with E-state index in [2.05, 4.69) is 22.2 Å². The van der Waals surface area contributed by atoms with Crippen molar-refractivity contribution in [2.45, 2.75) is 69.5 Å². The summed E-state index contributed by atoms with van der Waals surface area (Å²) in [6.45, 7) is 5.70. The van der Waals surface area contributed by atoms with Gasteiger partial charge in [-0.2, -0.15) is 13.2 Å². The number of rotatable bonds is 9. The molecule has 236 valence electrons. The SMILES string of the molecule is Cc1cc(C(=O)NC[C@H](c2cc3c(c(-c4ccnc(C(F)(F)F)c4)n2)OC[C@]3(C)C(N)=O)C2CC2)cc(C=NC2(C)CC2)c1N. The van der Waals surface area contributed by atoms with E-state index in [4.69, 9.17) is 21.2 Å². The van der Waals surface area contributed by atoms with E-state index in [1.165, 1.54) is 6.07 Å². The van der Waals surface area contributed by atoms with E-state index in [1.54, 1.807) is 31.3 Å². The van der Waals surface area contributed by atoms with Crippen LogP contribution in [0.2, 0.25) is 0 Å². The summed E-state index contributed by atoms with van der Waals surface area (Å²) in [6, 6.07) is 7.54. The van der Waals surface area contributed by atoms with Gasteiger partial charge in [0, 0.05) is 58.5 Å². The minimum absolute atomic E-state index is 0.0703. The molecule has 1 aromatic carbocycles. The van der Waals surface area contributed by atoms with Gasteiger partial charge in [0.2, 0.25) is 5.91 Å². The van der Waals surface area contributed by atoms with Crippen LogP contribution in [0.15, 0.2) is 41.5 Å². The van der Waals surface area contributed by atoms with Gasteiger partial charge in [0.15, 0.2) is 0 Å². The number of primary amides is 1. The number of fused-ring (bicyclic) bond motifs is 1. The summed E-state index contributed by atoms with van der Waals surface area (Å²) < 4.78 is 46.6. The summed E-state index contributed by atoms with van der Waals surface area (Å²) in [5, 5.41) is 3.03. The molecule has 2 aromatic heterocycles. The Morgan fingerprint density at radius 2 is 1.93 bits per heavy atom. The molecule has 2 saturated carbocycles. The highest BCUT2D eigenvalue weighted by atomic mass is 19.4. The molecule has 0 bridgehead atoms. The second-order valence-electron chi connectivity index (χ2n) is 12.9. The number of anilines is 1. The number of pyridine rings is 2. The van der Waals surface area contributed by atoms with Crippen LogP contribution in [0.1, 0.15) is 83.9 Å². The van der Waals surface area contributed by atoms with E-state index < -0.39 is 23.2 Å². The zero-order valence-electron chi connectivity index (χ0n) is 25.3. The normalized spacial score (nSPS) is 20.8. The Bertz CT molecular complexity index is 1730. The third-order valence-corrected chi connectivity index (χ3v) is 9.18. The molecule has 9 nitrogen and oxygen atoms in total. The number of nitrogens with zero attached hydrogens (tertiary/aromatic N) is 3. The first-order valence-electron chi connectivity index (χ1n) is 14.9. The van der Waals surface area contributed by atoms with Crippen molar-refractivity contribution in [1.29, 1.82) is 0 Å². The minimum Gasteiger partial charge on any atom is -0.489 e. The van der Waals surface area contributed by atoms with E-state index in [0.717, 1.165) is 43.5 Å². The number of aromatic nitrogens is 2. The lowest BCUT2D eigenvalue weighted by Crippen LogP contribution is -2.40. The van der Waals surface area contributed by atoms with Crippen molar-refractivity contribution in [2.24, 2.45) is 16.6 Å². The highest BCUT2D eigenvalue weighted by molar-refractivity contribution is 5.99. The summed E-state index contributed by atoms with van der Waals surface area (Å²) in [7, 11) is 0. The number of carbonyl (C=O) groups excluding carboxylic acids is 2. The monoisotopic (exact) mass is 620 g/mol. The first-order chi connectivity index (χ1) is 21.2. The van der Waals surface area contributed by atoms with Crippen LogP contribution < -0.4 is 21.5 Å². The number of benzene rings is 1. The second kappa shape index (κ2) is 10.8. The van der Waals surface area contributed by atoms with Crippen LogP contribution >= 0.6 is 0 Å². The number of nitrogens with one attached hydrogen (secondary N) is 1. The molecule has 3 aromatic rings. The average molecular weight is 621 g/mol. The van der Waals surface area contributed by atoms with Gasteiger partial charge in [-0.05, 0) is 88.3 Å². The maximum absolute atomic E-state index is 13.6. The molecule has 0 spiro atoms. The predicted octanol–water partition coefficient (Wildman–Crippen LogP) is 5.08. The zero-order valence-corrected chi connectivity index (χ0v) is 25.3. The lowest BCUT2D eigenvalue weighted by molar-refractivity contribution is -0.141. The van der Waals surface area contributed by atoms with Crippen LogP contribution in [-0.4, -0.2) is 46.7 Å². The number of carbonyl (C=O) groups is 2. The quantitative estimate of drug-likeness (QED) is 0.225. The first kappa shape index (κ1) is 30.5. The smallest absolute Gasteiger partial charge is 0.433 e. The third kappa shape index (κ3) is 5.97. The number of amides is 2. The van der Waals surface area contributed by atoms with E-state index in [-0.39, 0.29) is 53.4 Å². The van der Waals surface area contributed by atoms with E-state index in [1.807, 2.05) is 6.92 Å². The Morgan fingerprint density at radius 3 is 2.58 bits per heavy atom. The number of nitrogens with two attached hydrogens (primary N) is 2. The molecular formula is C33H35F3N6O3. The van der Waals surface area contributed by atoms with Crippen LogP contribution in [-0.2, 0) is 16.4 Å². The standard InChI is InChI=1S/C33H35F3N6O3/c1-17-10-20(11-21(26(17)37)14-41-31(2)7-8-31)29(43)40-15-22(18-4-5-18)24-13-23-28(45-16-32(23,3)30(38)44)27(42-24)19-6-9-39-25(12-19)33(34,35)36/h6,9-14,18,22H,4-5,7-8,15-16,37H2,1-3H3,(H2,38,44)(H,40,43)/t22-,32-/m0/s1.